The van der Waals surface area contributed by atoms with E-state index in [1.165, 1.54) is 16.2 Å². The van der Waals surface area contributed by atoms with Crippen molar-refractivity contribution in [2.24, 2.45) is 0 Å². The molecule has 0 spiro atoms. The molecule has 0 radical (unpaired) electrons. The fraction of sp³-hybridized carbons (Fsp3) is 0.208. The Kier molecular flexibility index (Phi) is 7.17. The maximum absolute atomic E-state index is 13.2. The van der Waals surface area contributed by atoms with Gasteiger partial charge in [-0.3, -0.25) is 14.7 Å². The van der Waals surface area contributed by atoms with Crippen molar-refractivity contribution in [3.63, 3.8) is 0 Å². The van der Waals surface area contributed by atoms with Crippen LogP contribution in [0.2, 0.25) is 0 Å². The number of carbonyl (C=O) groups is 1. The highest BCUT2D eigenvalue weighted by Gasteiger charge is 2.20. The first kappa shape index (κ1) is 21.3. The standard InChI is InChI=1S/C24H23N3O2S2/c1-29-19-9-10-21-22(16-19)31-24(26-21)27(17-18-11-13-25-14-12-18)23(28)8-5-15-30-20-6-3-2-4-7-20/h2-4,6-7,9-14,16H,5,8,15,17H2,1H3. The van der Waals surface area contributed by atoms with Gasteiger partial charge in [0.05, 0.1) is 23.9 Å². The number of benzene rings is 2. The molecule has 4 aromatic rings. The first-order chi connectivity index (χ1) is 15.2. The first-order valence-corrected chi connectivity index (χ1v) is 11.8. The van der Waals surface area contributed by atoms with E-state index in [9.17, 15) is 4.79 Å². The average Bonchev–Trinajstić information content (AvgIpc) is 3.24. The summed E-state index contributed by atoms with van der Waals surface area (Å²) in [5.41, 5.74) is 1.90. The monoisotopic (exact) mass is 449 g/mol. The Bertz CT molecular complexity index is 1130. The van der Waals surface area contributed by atoms with Crippen LogP contribution in [0.4, 0.5) is 5.13 Å². The van der Waals surface area contributed by atoms with E-state index in [0.29, 0.717) is 18.1 Å². The van der Waals surface area contributed by atoms with Gasteiger partial charge in [0.15, 0.2) is 5.13 Å². The molecule has 2 aromatic carbocycles. The average molecular weight is 450 g/mol. The third-order valence-corrected chi connectivity index (χ3v) is 6.89. The lowest BCUT2D eigenvalue weighted by atomic mass is 10.2. The van der Waals surface area contributed by atoms with Crippen molar-refractivity contribution in [2.45, 2.75) is 24.3 Å². The number of amides is 1. The highest BCUT2D eigenvalue weighted by atomic mass is 32.2. The Morgan fingerprint density at radius 1 is 1.10 bits per heavy atom. The van der Waals surface area contributed by atoms with Gasteiger partial charge in [0, 0.05) is 23.7 Å². The number of ether oxygens (including phenoxy) is 1. The SMILES string of the molecule is COc1ccc2nc(N(Cc3ccncc3)C(=O)CCCSc3ccccc3)sc2c1. The molecular weight excluding hydrogens is 426 g/mol. The molecule has 2 aromatic heterocycles. The van der Waals surface area contributed by atoms with Gasteiger partial charge in [-0.15, -0.1) is 11.8 Å². The van der Waals surface area contributed by atoms with Gasteiger partial charge < -0.3 is 4.74 Å². The summed E-state index contributed by atoms with van der Waals surface area (Å²) in [6.07, 6.45) is 4.78. The minimum atomic E-state index is 0.0801. The molecule has 0 aliphatic heterocycles. The van der Waals surface area contributed by atoms with E-state index in [0.717, 1.165) is 33.7 Å². The molecule has 0 saturated carbocycles. The van der Waals surface area contributed by atoms with E-state index in [1.54, 1.807) is 36.2 Å². The van der Waals surface area contributed by atoms with E-state index in [-0.39, 0.29) is 5.91 Å². The summed E-state index contributed by atoms with van der Waals surface area (Å²) in [5.74, 6) is 1.76. The maximum atomic E-state index is 13.2. The van der Waals surface area contributed by atoms with Crippen LogP contribution in [0.5, 0.6) is 5.75 Å². The van der Waals surface area contributed by atoms with Gasteiger partial charge in [0.1, 0.15) is 5.75 Å². The third kappa shape index (κ3) is 5.62. The van der Waals surface area contributed by atoms with Crippen molar-refractivity contribution < 1.29 is 9.53 Å². The summed E-state index contributed by atoms with van der Waals surface area (Å²) in [5, 5.41) is 0.709. The fourth-order valence-electron chi connectivity index (χ4n) is 3.13. The Morgan fingerprint density at radius 3 is 2.68 bits per heavy atom. The number of carbonyl (C=O) groups excluding carboxylic acids is 1. The number of methoxy groups -OCH3 is 1. The highest BCUT2D eigenvalue weighted by Crippen LogP contribution is 2.32. The van der Waals surface area contributed by atoms with E-state index in [4.69, 9.17) is 9.72 Å². The predicted molar refractivity (Wildman–Crippen MR) is 128 cm³/mol. The second-order valence-corrected chi connectivity index (χ2v) is 9.11. The molecule has 0 saturated heterocycles. The van der Waals surface area contributed by atoms with Crippen LogP contribution >= 0.6 is 23.1 Å². The summed E-state index contributed by atoms with van der Waals surface area (Å²) in [7, 11) is 1.65. The number of pyridine rings is 1. The Balaban J connectivity index is 1.49. The summed E-state index contributed by atoms with van der Waals surface area (Å²) in [6, 6.07) is 19.9. The van der Waals surface area contributed by atoms with Gasteiger partial charge in [-0.05, 0) is 60.2 Å². The Hall–Kier alpha value is -2.90. The molecular formula is C24H23N3O2S2. The van der Waals surface area contributed by atoms with Crippen molar-refractivity contribution in [3.05, 3.63) is 78.6 Å². The lowest BCUT2D eigenvalue weighted by Crippen LogP contribution is -2.30. The van der Waals surface area contributed by atoms with Gasteiger partial charge in [0.25, 0.3) is 0 Å². The molecule has 0 bridgehead atoms. The molecule has 7 heteroatoms. The molecule has 158 valence electrons. The highest BCUT2D eigenvalue weighted by molar-refractivity contribution is 7.99. The van der Waals surface area contributed by atoms with Crippen LogP contribution in [0.15, 0.2) is 78.0 Å². The molecule has 5 nitrogen and oxygen atoms in total. The quantitative estimate of drug-likeness (QED) is 0.239. The van der Waals surface area contributed by atoms with E-state index in [1.807, 2.05) is 48.5 Å². The molecule has 0 aliphatic carbocycles. The fourth-order valence-corrected chi connectivity index (χ4v) is 5.02. The van der Waals surface area contributed by atoms with Crippen molar-refractivity contribution in [1.82, 2.24) is 9.97 Å². The third-order valence-electron chi connectivity index (χ3n) is 4.75. The minimum absolute atomic E-state index is 0.0801. The normalized spacial score (nSPS) is 10.9. The first-order valence-electron chi connectivity index (χ1n) is 10.0. The molecule has 4 rings (SSSR count). The van der Waals surface area contributed by atoms with Crippen molar-refractivity contribution in [2.75, 3.05) is 17.8 Å². The number of hydrogen-bond acceptors (Lipinski definition) is 6. The van der Waals surface area contributed by atoms with Crippen molar-refractivity contribution in [3.8, 4) is 5.75 Å². The molecule has 0 aliphatic rings. The molecule has 0 unspecified atom stereocenters. The van der Waals surface area contributed by atoms with Crippen LogP contribution in [0.25, 0.3) is 10.2 Å². The van der Waals surface area contributed by atoms with Crippen molar-refractivity contribution >= 4 is 44.4 Å². The number of thiazole rings is 1. The molecule has 0 atom stereocenters. The summed E-state index contributed by atoms with van der Waals surface area (Å²) < 4.78 is 6.33. The summed E-state index contributed by atoms with van der Waals surface area (Å²) in [4.78, 5) is 25.0. The molecule has 31 heavy (non-hydrogen) atoms. The number of anilines is 1. The molecule has 0 fully saturated rings. The van der Waals surface area contributed by atoms with Gasteiger partial charge >= 0.3 is 0 Å². The van der Waals surface area contributed by atoms with Gasteiger partial charge in [0.2, 0.25) is 5.91 Å². The van der Waals surface area contributed by atoms with Crippen molar-refractivity contribution in [1.29, 1.82) is 0 Å². The predicted octanol–water partition coefficient (Wildman–Crippen LogP) is 5.81. The largest absolute Gasteiger partial charge is 0.497 e. The topological polar surface area (TPSA) is 55.3 Å². The zero-order valence-corrected chi connectivity index (χ0v) is 18.9. The van der Waals surface area contributed by atoms with Crippen LogP contribution in [0, 0.1) is 0 Å². The summed E-state index contributed by atoms with van der Waals surface area (Å²) in [6.45, 7) is 0.476. The van der Waals surface area contributed by atoms with Crippen LogP contribution in [0.1, 0.15) is 18.4 Å². The second-order valence-electron chi connectivity index (χ2n) is 6.93. The Labute approximate surface area is 190 Å². The van der Waals surface area contributed by atoms with E-state index in [2.05, 4.69) is 17.1 Å². The van der Waals surface area contributed by atoms with Gasteiger partial charge in [-0.1, -0.05) is 29.5 Å². The molecule has 2 heterocycles. The zero-order valence-electron chi connectivity index (χ0n) is 17.2. The number of aromatic nitrogens is 2. The van der Waals surface area contributed by atoms with E-state index < -0.39 is 0 Å². The van der Waals surface area contributed by atoms with Gasteiger partial charge in [-0.2, -0.15) is 0 Å². The summed E-state index contributed by atoms with van der Waals surface area (Å²) >= 11 is 3.29. The molecule has 1 amide bonds. The van der Waals surface area contributed by atoms with E-state index >= 15 is 0 Å². The van der Waals surface area contributed by atoms with Crippen LogP contribution in [0.3, 0.4) is 0 Å². The number of thioether (sulfide) groups is 1. The smallest absolute Gasteiger partial charge is 0.229 e. The van der Waals surface area contributed by atoms with Crippen LogP contribution in [-0.2, 0) is 11.3 Å². The number of fused-ring (bicyclic) bond motifs is 1. The van der Waals surface area contributed by atoms with Crippen LogP contribution in [-0.4, -0.2) is 28.7 Å². The molecule has 0 N–H and O–H groups in total. The minimum Gasteiger partial charge on any atom is -0.497 e. The lowest BCUT2D eigenvalue weighted by Gasteiger charge is -2.20. The number of hydrogen-bond donors (Lipinski definition) is 0. The number of nitrogens with zero attached hydrogens (tertiary/aromatic N) is 3. The lowest BCUT2D eigenvalue weighted by molar-refractivity contribution is -0.118. The Morgan fingerprint density at radius 2 is 1.90 bits per heavy atom. The maximum Gasteiger partial charge on any atom is 0.229 e. The van der Waals surface area contributed by atoms with Gasteiger partial charge in [-0.25, -0.2) is 4.98 Å². The van der Waals surface area contributed by atoms with Crippen LogP contribution < -0.4 is 9.64 Å². The number of rotatable bonds is 9. The second kappa shape index (κ2) is 10.4. The zero-order chi connectivity index (χ0) is 21.5.